The normalized spacial score (nSPS) is 35.2. The van der Waals surface area contributed by atoms with Crippen LogP contribution in [0.4, 0.5) is 0 Å². The summed E-state index contributed by atoms with van der Waals surface area (Å²) in [6.45, 7) is 3.83. The maximum atomic E-state index is 11.2. The molecule has 0 aromatic rings. The summed E-state index contributed by atoms with van der Waals surface area (Å²) in [6, 6.07) is 0. The Morgan fingerprint density at radius 2 is 1.35 bits per heavy atom. The molecule has 0 aromatic carbocycles. The second-order valence-electron chi connectivity index (χ2n) is 4.60. The molecule has 8 heteroatoms. The number of esters is 3. The summed E-state index contributed by atoms with van der Waals surface area (Å²) in [6.07, 6.45) is -4.19. The number of hydrogen-bond acceptors (Lipinski definition) is 8. The van der Waals surface area contributed by atoms with Crippen molar-refractivity contribution in [1.82, 2.24) is 0 Å². The first kappa shape index (κ1) is 14.7. The molecule has 20 heavy (non-hydrogen) atoms. The van der Waals surface area contributed by atoms with Crippen LogP contribution in [-0.4, -0.2) is 55.2 Å². The molecule has 2 saturated heterocycles. The lowest BCUT2D eigenvalue weighted by Crippen LogP contribution is -2.58. The van der Waals surface area contributed by atoms with E-state index in [2.05, 4.69) is 0 Å². The Labute approximate surface area is 115 Å². The van der Waals surface area contributed by atoms with Gasteiger partial charge in [-0.25, -0.2) is 0 Å². The number of hydrogen-bond donors (Lipinski definition) is 0. The Kier molecular flexibility index (Phi) is 4.24. The standard InChI is InChI=1S/C12H16O8/c1-5(13)17-9-8-4-16-12(20-8)11(19-7(3)15)10(9)18-6(2)14/h8-12H,4H2,1-3H3/t8?,9-,10?,11?,12?/m1/s1. The number of fused-ring (bicyclic) bond motifs is 2. The molecule has 0 aromatic heterocycles. The van der Waals surface area contributed by atoms with Gasteiger partial charge in [0.1, 0.15) is 6.10 Å². The highest BCUT2D eigenvalue weighted by Crippen LogP contribution is 2.33. The molecular weight excluding hydrogens is 272 g/mol. The number of carbonyl (C=O) groups is 3. The molecule has 8 nitrogen and oxygen atoms in total. The van der Waals surface area contributed by atoms with Crippen molar-refractivity contribution in [2.24, 2.45) is 0 Å². The summed E-state index contributed by atoms with van der Waals surface area (Å²) in [4.78, 5) is 33.6. The van der Waals surface area contributed by atoms with Crippen molar-refractivity contribution in [3.05, 3.63) is 0 Å². The van der Waals surface area contributed by atoms with Crippen LogP contribution in [0.2, 0.25) is 0 Å². The van der Waals surface area contributed by atoms with Crippen LogP contribution < -0.4 is 0 Å². The molecule has 112 valence electrons. The third-order valence-corrected chi connectivity index (χ3v) is 2.92. The summed E-state index contributed by atoms with van der Waals surface area (Å²) in [7, 11) is 0. The van der Waals surface area contributed by atoms with Gasteiger partial charge in [-0.15, -0.1) is 0 Å². The minimum absolute atomic E-state index is 0.165. The summed E-state index contributed by atoms with van der Waals surface area (Å²) < 4.78 is 26.2. The smallest absolute Gasteiger partial charge is 0.303 e. The second-order valence-corrected chi connectivity index (χ2v) is 4.60. The van der Waals surface area contributed by atoms with Crippen molar-refractivity contribution in [1.29, 1.82) is 0 Å². The fourth-order valence-corrected chi connectivity index (χ4v) is 2.31. The van der Waals surface area contributed by atoms with Gasteiger partial charge in [0.15, 0.2) is 24.6 Å². The zero-order valence-corrected chi connectivity index (χ0v) is 11.4. The van der Waals surface area contributed by atoms with Gasteiger partial charge in [-0.2, -0.15) is 0 Å². The van der Waals surface area contributed by atoms with Crippen LogP contribution in [0.15, 0.2) is 0 Å². The van der Waals surface area contributed by atoms with Crippen LogP contribution in [0.5, 0.6) is 0 Å². The first-order chi connectivity index (χ1) is 9.38. The van der Waals surface area contributed by atoms with Crippen LogP contribution in [0, 0.1) is 0 Å². The van der Waals surface area contributed by atoms with Crippen LogP contribution in [0.3, 0.4) is 0 Å². The molecule has 0 radical (unpaired) electrons. The van der Waals surface area contributed by atoms with Crippen LogP contribution in [-0.2, 0) is 38.1 Å². The van der Waals surface area contributed by atoms with E-state index >= 15 is 0 Å². The van der Waals surface area contributed by atoms with Gasteiger partial charge in [0.05, 0.1) is 6.61 Å². The minimum Gasteiger partial charge on any atom is -0.456 e. The molecule has 0 amide bonds. The molecule has 2 aliphatic rings. The lowest BCUT2D eigenvalue weighted by Gasteiger charge is -2.38. The maximum absolute atomic E-state index is 11.2. The van der Waals surface area contributed by atoms with Crippen molar-refractivity contribution in [3.8, 4) is 0 Å². The Bertz CT molecular complexity index is 390. The van der Waals surface area contributed by atoms with Gasteiger partial charge in [0.25, 0.3) is 0 Å². The van der Waals surface area contributed by atoms with Gasteiger partial charge < -0.3 is 23.7 Å². The second kappa shape index (κ2) is 5.76. The van der Waals surface area contributed by atoms with Gasteiger partial charge >= 0.3 is 17.9 Å². The molecule has 4 unspecified atom stereocenters. The van der Waals surface area contributed by atoms with Crippen LogP contribution in [0.1, 0.15) is 20.8 Å². The first-order valence-corrected chi connectivity index (χ1v) is 6.17. The summed E-state index contributed by atoms with van der Waals surface area (Å²) in [5.74, 6) is -1.71. The summed E-state index contributed by atoms with van der Waals surface area (Å²) >= 11 is 0. The van der Waals surface area contributed by atoms with E-state index in [1.54, 1.807) is 0 Å². The van der Waals surface area contributed by atoms with E-state index in [1.165, 1.54) is 20.8 Å². The van der Waals surface area contributed by atoms with Gasteiger partial charge in [-0.3, -0.25) is 14.4 Å². The molecule has 2 heterocycles. The molecule has 0 spiro atoms. The topological polar surface area (TPSA) is 97.4 Å². The van der Waals surface area contributed by atoms with Gasteiger partial charge in [-0.05, 0) is 0 Å². The lowest BCUT2D eigenvalue weighted by molar-refractivity contribution is -0.250. The molecule has 2 bridgehead atoms. The van der Waals surface area contributed by atoms with Crippen molar-refractivity contribution in [2.75, 3.05) is 6.61 Å². The predicted molar refractivity (Wildman–Crippen MR) is 61.3 cm³/mol. The van der Waals surface area contributed by atoms with Gasteiger partial charge in [0.2, 0.25) is 0 Å². The Hall–Kier alpha value is -1.67. The van der Waals surface area contributed by atoms with Crippen LogP contribution >= 0.6 is 0 Å². The first-order valence-electron chi connectivity index (χ1n) is 6.17. The van der Waals surface area contributed by atoms with Crippen molar-refractivity contribution in [3.63, 3.8) is 0 Å². The van der Waals surface area contributed by atoms with E-state index in [0.717, 1.165) is 0 Å². The average molecular weight is 288 g/mol. The minimum atomic E-state index is -0.973. The number of ether oxygens (including phenoxy) is 5. The molecule has 2 aliphatic heterocycles. The highest BCUT2D eigenvalue weighted by molar-refractivity contribution is 5.68. The third-order valence-electron chi connectivity index (χ3n) is 2.92. The Morgan fingerprint density at radius 1 is 0.850 bits per heavy atom. The maximum Gasteiger partial charge on any atom is 0.303 e. The SMILES string of the molecule is CC(=O)OC1C2OCC(O2)[C@@H](OC(C)=O)C1OC(C)=O. The largest absolute Gasteiger partial charge is 0.456 e. The fraction of sp³-hybridized carbons (Fsp3) is 0.750. The molecule has 0 N–H and O–H groups in total. The van der Waals surface area contributed by atoms with E-state index in [1.807, 2.05) is 0 Å². The zero-order valence-electron chi connectivity index (χ0n) is 11.4. The van der Waals surface area contributed by atoms with E-state index < -0.39 is 48.6 Å². The molecule has 0 aliphatic carbocycles. The predicted octanol–water partition coefficient (Wildman–Crippen LogP) is -0.463. The summed E-state index contributed by atoms with van der Waals surface area (Å²) in [5.41, 5.74) is 0. The fourth-order valence-electron chi connectivity index (χ4n) is 2.31. The monoisotopic (exact) mass is 288 g/mol. The van der Waals surface area contributed by atoms with E-state index in [4.69, 9.17) is 23.7 Å². The van der Waals surface area contributed by atoms with E-state index in [9.17, 15) is 14.4 Å². The molecule has 5 atom stereocenters. The van der Waals surface area contributed by atoms with Crippen LogP contribution in [0.25, 0.3) is 0 Å². The van der Waals surface area contributed by atoms with Crippen molar-refractivity contribution in [2.45, 2.75) is 51.5 Å². The Balaban J connectivity index is 2.24. The molecule has 2 rings (SSSR count). The number of rotatable bonds is 3. The highest BCUT2D eigenvalue weighted by atomic mass is 16.8. The zero-order chi connectivity index (χ0) is 14.9. The number of carbonyl (C=O) groups excluding carboxylic acids is 3. The summed E-state index contributed by atoms with van der Waals surface area (Å²) in [5, 5.41) is 0. The van der Waals surface area contributed by atoms with E-state index in [0.29, 0.717) is 0 Å². The lowest BCUT2D eigenvalue weighted by atomic mass is 10.00. The quantitative estimate of drug-likeness (QED) is 0.508. The molecule has 2 fully saturated rings. The third kappa shape index (κ3) is 3.07. The molecule has 0 saturated carbocycles. The average Bonchev–Trinajstić information content (AvgIpc) is 2.74. The molecular formula is C12H16O8. The Morgan fingerprint density at radius 3 is 1.90 bits per heavy atom. The van der Waals surface area contributed by atoms with Gasteiger partial charge in [-0.1, -0.05) is 0 Å². The van der Waals surface area contributed by atoms with Gasteiger partial charge in [0, 0.05) is 20.8 Å². The van der Waals surface area contributed by atoms with Crippen molar-refractivity contribution >= 4 is 17.9 Å². The highest BCUT2D eigenvalue weighted by Gasteiger charge is 2.55. The van der Waals surface area contributed by atoms with E-state index in [-0.39, 0.29) is 6.61 Å². The van der Waals surface area contributed by atoms with Crippen molar-refractivity contribution < 1.29 is 38.1 Å².